The second kappa shape index (κ2) is 8.53. The number of nitrogen functional groups attached to an aromatic ring is 1. The van der Waals surface area contributed by atoms with Gasteiger partial charge in [-0.15, -0.1) is 0 Å². The Kier molecular flexibility index (Phi) is 6.95. The largest absolute Gasteiger partial charge is 0.461 e. The van der Waals surface area contributed by atoms with E-state index in [1.54, 1.807) is 17.8 Å². The summed E-state index contributed by atoms with van der Waals surface area (Å²) >= 11 is 0. The van der Waals surface area contributed by atoms with Crippen LogP contribution in [0.5, 0.6) is 0 Å². The average Bonchev–Trinajstić information content (AvgIpc) is 2.75. The highest BCUT2D eigenvalue weighted by Crippen LogP contribution is 2.12. The van der Waals surface area contributed by atoms with Crippen molar-refractivity contribution in [1.82, 2.24) is 9.55 Å². The molecule has 1 aromatic heterocycles. The van der Waals surface area contributed by atoms with Crippen LogP contribution in [-0.2, 0) is 16.0 Å². The molecule has 0 aliphatic carbocycles. The highest BCUT2D eigenvalue weighted by atomic mass is 16.5. The maximum Gasteiger partial charge on any atom is 0.360 e. The Morgan fingerprint density at radius 1 is 1.37 bits per heavy atom. The molecule has 2 N–H and O–H groups in total. The molecular weight excluding hydrogens is 246 g/mol. The van der Waals surface area contributed by atoms with Crippen molar-refractivity contribution in [2.24, 2.45) is 0 Å². The molecule has 0 aromatic carbocycles. The second-order valence-electron chi connectivity index (χ2n) is 4.21. The van der Waals surface area contributed by atoms with Gasteiger partial charge in [-0.2, -0.15) is 0 Å². The Morgan fingerprint density at radius 3 is 2.79 bits per heavy atom. The van der Waals surface area contributed by atoms with Gasteiger partial charge < -0.3 is 19.8 Å². The standard InChI is InChI=1S/C13H23N3O3/c1-3-5-8-18-9-6-7-16-10-15-11(12(16)14)13(17)19-4-2/h10H,3-9,14H2,1-2H3. The number of carbonyl (C=O) groups excluding carboxylic acids is 1. The third-order valence-corrected chi connectivity index (χ3v) is 2.68. The van der Waals surface area contributed by atoms with Crippen LogP contribution < -0.4 is 5.73 Å². The summed E-state index contributed by atoms with van der Waals surface area (Å²) in [7, 11) is 0. The highest BCUT2D eigenvalue weighted by Gasteiger charge is 2.16. The molecule has 6 heteroatoms. The number of hydrogen-bond acceptors (Lipinski definition) is 5. The minimum absolute atomic E-state index is 0.189. The van der Waals surface area contributed by atoms with Crippen molar-refractivity contribution in [3.05, 3.63) is 12.0 Å². The molecule has 1 rings (SSSR count). The van der Waals surface area contributed by atoms with E-state index in [4.69, 9.17) is 15.2 Å². The zero-order valence-corrected chi connectivity index (χ0v) is 11.7. The van der Waals surface area contributed by atoms with Crippen molar-refractivity contribution in [3.63, 3.8) is 0 Å². The van der Waals surface area contributed by atoms with Crippen molar-refractivity contribution in [1.29, 1.82) is 0 Å². The van der Waals surface area contributed by atoms with Crippen LogP contribution in [0.15, 0.2) is 6.33 Å². The summed E-state index contributed by atoms with van der Waals surface area (Å²) in [6, 6.07) is 0. The number of nitrogens with two attached hydrogens (primary N) is 1. The molecule has 0 aliphatic heterocycles. The summed E-state index contributed by atoms with van der Waals surface area (Å²) < 4.78 is 12.1. The van der Waals surface area contributed by atoms with Crippen LogP contribution in [0.1, 0.15) is 43.6 Å². The molecular formula is C13H23N3O3. The lowest BCUT2D eigenvalue weighted by molar-refractivity contribution is 0.0521. The topological polar surface area (TPSA) is 79.4 Å². The van der Waals surface area contributed by atoms with E-state index in [-0.39, 0.29) is 5.69 Å². The molecule has 19 heavy (non-hydrogen) atoms. The second-order valence-corrected chi connectivity index (χ2v) is 4.21. The molecule has 0 saturated carbocycles. The fraction of sp³-hybridized carbons (Fsp3) is 0.692. The van der Waals surface area contributed by atoms with E-state index in [1.807, 2.05) is 0 Å². The van der Waals surface area contributed by atoms with Crippen LogP contribution in [0, 0.1) is 0 Å². The lowest BCUT2D eigenvalue weighted by atomic mass is 10.3. The van der Waals surface area contributed by atoms with Crippen LogP contribution in [0.4, 0.5) is 5.82 Å². The first-order chi connectivity index (χ1) is 9.20. The molecule has 0 unspecified atom stereocenters. The Bertz CT molecular complexity index is 390. The predicted molar refractivity (Wildman–Crippen MR) is 72.9 cm³/mol. The number of aromatic nitrogens is 2. The van der Waals surface area contributed by atoms with Crippen LogP contribution in [-0.4, -0.2) is 35.3 Å². The number of rotatable bonds is 9. The number of carbonyl (C=O) groups is 1. The normalized spacial score (nSPS) is 10.6. The smallest absolute Gasteiger partial charge is 0.360 e. The number of unbranched alkanes of at least 4 members (excludes halogenated alkanes) is 1. The van der Waals surface area contributed by atoms with Gasteiger partial charge in [-0.25, -0.2) is 9.78 Å². The molecule has 0 aliphatic rings. The van der Waals surface area contributed by atoms with Crippen molar-refractivity contribution < 1.29 is 14.3 Å². The number of imidazole rings is 1. The summed E-state index contributed by atoms with van der Waals surface area (Å²) in [6.07, 6.45) is 4.62. The summed E-state index contributed by atoms with van der Waals surface area (Å²) in [6.45, 7) is 6.36. The van der Waals surface area contributed by atoms with Gasteiger partial charge in [0.2, 0.25) is 0 Å². The molecule has 0 bridgehead atoms. The zero-order chi connectivity index (χ0) is 14.1. The minimum Gasteiger partial charge on any atom is -0.461 e. The molecule has 0 saturated heterocycles. The summed E-state index contributed by atoms with van der Waals surface area (Å²) in [5.74, 6) is -0.120. The molecule has 1 aromatic rings. The Hall–Kier alpha value is -1.56. The van der Waals surface area contributed by atoms with Crippen LogP contribution in [0.2, 0.25) is 0 Å². The summed E-state index contributed by atoms with van der Waals surface area (Å²) in [5, 5.41) is 0. The van der Waals surface area contributed by atoms with Gasteiger partial charge in [0.15, 0.2) is 5.69 Å². The fourth-order valence-electron chi connectivity index (χ4n) is 1.61. The predicted octanol–water partition coefficient (Wildman–Crippen LogP) is 1.85. The van der Waals surface area contributed by atoms with E-state index >= 15 is 0 Å². The van der Waals surface area contributed by atoms with E-state index in [1.165, 1.54) is 0 Å². The lowest BCUT2D eigenvalue weighted by Gasteiger charge is -2.06. The van der Waals surface area contributed by atoms with Crippen molar-refractivity contribution in [2.45, 2.75) is 39.7 Å². The molecule has 108 valence electrons. The van der Waals surface area contributed by atoms with Gasteiger partial charge >= 0.3 is 5.97 Å². The molecule has 1 heterocycles. The van der Waals surface area contributed by atoms with Crippen LogP contribution >= 0.6 is 0 Å². The van der Waals surface area contributed by atoms with Crippen LogP contribution in [0.25, 0.3) is 0 Å². The van der Waals surface area contributed by atoms with E-state index < -0.39 is 5.97 Å². The van der Waals surface area contributed by atoms with E-state index in [0.717, 1.165) is 25.9 Å². The van der Waals surface area contributed by atoms with E-state index in [9.17, 15) is 4.79 Å². The Morgan fingerprint density at radius 2 is 2.11 bits per heavy atom. The SMILES string of the molecule is CCCCOCCCn1cnc(C(=O)OCC)c1N. The maximum absolute atomic E-state index is 11.5. The van der Waals surface area contributed by atoms with E-state index in [2.05, 4.69) is 11.9 Å². The Balaban J connectivity index is 2.37. The Labute approximate surface area is 113 Å². The maximum atomic E-state index is 11.5. The van der Waals surface area contributed by atoms with Crippen molar-refractivity contribution in [2.75, 3.05) is 25.6 Å². The van der Waals surface area contributed by atoms with Gasteiger partial charge in [-0.3, -0.25) is 0 Å². The monoisotopic (exact) mass is 269 g/mol. The van der Waals surface area contributed by atoms with Gasteiger partial charge in [-0.05, 0) is 19.8 Å². The first kappa shape index (κ1) is 15.5. The van der Waals surface area contributed by atoms with Crippen molar-refractivity contribution >= 4 is 11.8 Å². The molecule has 6 nitrogen and oxygen atoms in total. The van der Waals surface area contributed by atoms with Gasteiger partial charge in [0.05, 0.1) is 12.9 Å². The molecule has 0 spiro atoms. The third-order valence-electron chi connectivity index (χ3n) is 2.68. The van der Waals surface area contributed by atoms with Gasteiger partial charge in [0.25, 0.3) is 0 Å². The minimum atomic E-state index is -0.474. The molecule has 0 fully saturated rings. The quantitative estimate of drug-likeness (QED) is 0.546. The van der Waals surface area contributed by atoms with Gasteiger partial charge in [-0.1, -0.05) is 13.3 Å². The first-order valence-electron chi connectivity index (χ1n) is 6.76. The van der Waals surface area contributed by atoms with Crippen molar-refractivity contribution in [3.8, 4) is 0 Å². The summed E-state index contributed by atoms with van der Waals surface area (Å²) in [4.78, 5) is 15.5. The number of anilines is 1. The number of nitrogens with zero attached hydrogens (tertiary/aromatic N) is 2. The average molecular weight is 269 g/mol. The van der Waals surface area contributed by atoms with Gasteiger partial charge in [0, 0.05) is 19.8 Å². The zero-order valence-electron chi connectivity index (χ0n) is 11.7. The first-order valence-corrected chi connectivity index (χ1v) is 6.76. The fourth-order valence-corrected chi connectivity index (χ4v) is 1.61. The number of hydrogen-bond donors (Lipinski definition) is 1. The molecule has 0 radical (unpaired) electrons. The molecule has 0 atom stereocenters. The summed E-state index contributed by atoms with van der Waals surface area (Å²) in [5.41, 5.74) is 6.04. The lowest BCUT2D eigenvalue weighted by Crippen LogP contribution is -2.10. The van der Waals surface area contributed by atoms with Crippen LogP contribution in [0.3, 0.4) is 0 Å². The van der Waals surface area contributed by atoms with Gasteiger partial charge in [0.1, 0.15) is 5.82 Å². The third kappa shape index (κ3) is 4.90. The number of ether oxygens (including phenoxy) is 2. The molecule has 0 amide bonds. The number of aryl methyl sites for hydroxylation is 1. The number of esters is 1. The highest BCUT2D eigenvalue weighted by molar-refractivity contribution is 5.92. The van der Waals surface area contributed by atoms with E-state index in [0.29, 0.717) is 25.6 Å².